The highest BCUT2D eigenvalue weighted by Crippen LogP contribution is 2.29. The van der Waals surface area contributed by atoms with Gasteiger partial charge in [-0.15, -0.1) is 0 Å². The van der Waals surface area contributed by atoms with Crippen LogP contribution in [-0.2, 0) is 6.54 Å². The average molecular weight is 399 g/mol. The summed E-state index contributed by atoms with van der Waals surface area (Å²) in [7, 11) is 3.04. The van der Waals surface area contributed by atoms with Crippen LogP contribution in [-0.4, -0.2) is 24.7 Å². The number of pyridine rings is 1. The van der Waals surface area contributed by atoms with Crippen molar-refractivity contribution in [2.24, 2.45) is 0 Å². The molecule has 3 aromatic rings. The summed E-state index contributed by atoms with van der Waals surface area (Å²) in [5.41, 5.74) is 0.914. The molecule has 2 aromatic carbocycles. The summed E-state index contributed by atoms with van der Waals surface area (Å²) in [6.45, 7) is 0.274. The van der Waals surface area contributed by atoms with Crippen LogP contribution in [0.15, 0.2) is 65.6 Å². The highest BCUT2D eigenvalue weighted by atomic mass is 35.5. The molecule has 1 N–H and O–H groups in total. The molecule has 0 bridgehead atoms. The highest BCUT2D eigenvalue weighted by Gasteiger charge is 2.14. The van der Waals surface area contributed by atoms with E-state index in [0.29, 0.717) is 22.2 Å². The predicted molar refractivity (Wildman–Crippen MR) is 109 cm³/mol. The summed E-state index contributed by atoms with van der Waals surface area (Å²) in [6.07, 6.45) is 1.62. The third-order valence-electron chi connectivity index (χ3n) is 4.20. The molecule has 0 radical (unpaired) electrons. The number of nitrogens with one attached hydrogen (secondary N) is 1. The summed E-state index contributed by atoms with van der Waals surface area (Å²) >= 11 is 6.17. The number of benzene rings is 2. The molecule has 0 saturated heterocycles. The number of methoxy groups -OCH3 is 2. The van der Waals surface area contributed by atoms with Crippen molar-refractivity contribution < 1.29 is 14.3 Å². The third kappa shape index (κ3) is 4.18. The lowest BCUT2D eigenvalue weighted by Gasteiger charge is -2.12. The molecule has 7 heteroatoms. The van der Waals surface area contributed by atoms with Crippen molar-refractivity contribution in [3.63, 3.8) is 0 Å². The lowest BCUT2D eigenvalue weighted by molar-refractivity contribution is 0.102. The SMILES string of the molecule is COc1ccc(NC(=O)c2cccn(Cc3ccccc3Cl)c2=O)cc1OC. The van der Waals surface area contributed by atoms with E-state index < -0.39 is 11.5 Å². The molecular weight excluding hydrogens is 380 g/mol. The van der Waals surface area contributed by atoms with Gasteiger partial charge in [-0.3, -0.25) is 9.59 Å². The summed E-state index contributed by atoms with van der Waals surface area (Å²) < 4.78 is 11.9. The molecular formula is C21H19ClN2O4. The zero-order valence-electron chi connectivity index (χ0n) is 15.4. The summed E-state index contributed by atoms with van der Waals surface area (Å²) in [5, 5.41) is 3.28. The highest BCUT2D eigenvalue weighted by molar-refractivity contribution is 6.31. The van der Waals surface area contributed by atoms with E-state index in [1.165, 1.54) is 24.9 Å². The van der Waals surface area contributed by atoms with Gasteiger partial charge in [0.2, 0.25) is 0 Å². The van der Waals surface area contributed by atoms with E-state index in [9.17, 15) is 9.59 Å². The lowest BCUT2D eigenvalue weighted by Crippen LogP contribution is -2.29. The number of hydrogen-bond acceptors (Lipinski definition) is 4. The Morgan fingerprint density at radius 2 is 1.79 bits per heavy atom. The van der Waals surface area contributed by atoms with E-state index in [1.807, 2.05) is 18.2 Å². The van der Waals surface area contributed by atoms with E-state index in [1.54, 1.807) is 36.5 Å². The molecule has 1 heterocycles. The minimum absolute atomic E-state index is 0.0318. The van der Waals surface area contributed by atoms with E-state index in [4.69, 9.17) is 21.1 Å². The van der Waals surface area contributed by atoms with Crippen molar-refractivity contribution in [2.45, 2.75) is 6.54 Å². The number of carbonyl (C=O) groups is 1. The maximum absolute atomic E-state index is 12.8. The van der Waals surface area contributed by atoms with Crippen LogP contribution in [0.1, 0.15) is 15.9 Å². The number of rotatable bonds is 6. The Bertz CT molecular complexity index is 1060. The van der Waals surface area contributed by atoms with Crippen LogP contribution in [0, 0.1) is 0 Å². The van der Waals surface area contributed by atoms with Crippen LogP contribution in [0.5, 0.6) is 11.5 Å². The normalized spacial score (nSPS) is 10.4. The Hall–Kier alpha value is -3.25. The van der Waals surface area contributed by atoms with Crippen molar-refractivity contribution in [1.82, 2.24) is 4.57 Å². The molecule has 0 aliphatic carbocycles. The second-order valence-electron chi connectivity index (χ2n) is 5.97. The van der Waals surface area contributed by atoms with Gasteiger partial charge in [-0.2, -0.15) is 0 Å². The van der Waals surface area contributed by atoms with Crippen LogP contribution in [0.2, 0.25) is 5.02 Å². The third-order valence-corrected chi connectivity index (χ3v) is 4.57. The molecule has 0 saturated carbocycles. The monoisotopic (exact) mass is 398 g/mol. The first-order valence-electron chi connectivity index (χ1n) is 8.49. The molecule has 0 unspecified atom stereocenters. The van der Waals surface area contributed by atoms with Gasteiger partial charge in [0.05, 0.1) is 20.8 Å². The fraction of sp³-hybridized carbons (Fsp3) is 0.143. The summed E-state index contributed by atoms with van der Waals surface area (Å²) in [6, 6.07) is 15.4. The molecule has 3 rings (SSSR count). The fourth-order valence-electron chi connectivity index (χ4n) is 2.76. The van der Waals surface area contributed by atoms with Gasteiger partial charge in [-0.05, 0) is 35.9 Å². The Kier molecular flexibility index (Phi) is 6.01. The Morgan fingerprint density at radius 1 is 1.04 bits per heavy atom. The fourth-order valence-corrected chi connectivity index (χ4v) is 2.95. The molecule has 0 aliphatic heterocycles. The van der Waals surface area contributed by atoms with Crippen LogP contribution in [0.3, 0.4) is 0 Å². The average Bonchev–Trinajstić information content (AvgIpc) is 2.71. The second-order valence-corrected chi connectivity index (χ2v) is 6.38. The van der Waals surface area contributed by atoms with Crippen molar-refractivity contribution in [3.05, 3.63) is 87.3 Å². The van der Waals surface area contributed by atoms with Crippen LogP contribution in [0.25, 0.3) is 0 Å². The van der Waals surface area contributed by atoms with Gasteiger partial charge in [0, 0.05) is 23.0 Å². The molecule has 6 nitrogen and oxygen atoms in total. The number of hydrogen-bond donors (Lipinski definition) is 1. The first-order chi connectivity index (χ1) is 13.5. The summed E-state index contributed by atoms with van der Waals surface area (Å²) in [4.78, 5) is 25.4. The molecule has 144 valence electrons. The largest absolute Gasteiger partial charge is 0.493 e. The molecule has 0 spiro atoms. The van der Waals surface area contributed by atoms with Gasteiger partial charge in [0.1, 0.15) is 5.56 Å². The zero-order chi connectivity index (χ0) is 20.1. The van der Waals surface area contributed by atoms with Gasteiger partial charge in [0.25, 0.3) is 11.5 Å². The lowest BCUT2D eigenvalue weighted by atomic mass is 10.2. The number of carbonyl (C=O) groups excluding carboxylic acids is 1. The number of halogens is 1. The van der Waals surface area contributed by atoms with Gasteiger partial charge in [0.15, 0.2) is 11.5 Å². The van der Waals surface area contributed by atoms with Gasteiger partial charge in [-0.25, -0.2) is 0 Å². The van der Waals surface area contributed by atoms with Crippen molar-refractivity contribution in [1.29, 1.82) is 0 Å². The standard InChI is InChI=1S/C21H19ClN2O4/c1-27-18-10-9-15(12-19(18)28-2)23-20(25)16-7-5-11-24(21(16)26)13-14-6-3-4-8-17(14)22/h3-12H,13H2,1-2H3,(H,23,25). The number of aromatic nitrogens is 1. The first-order valence-corrected chi connectivity index (χ1v) is 8.87. The van der Waals surface area contributed by atoms with E-state index >= 15 is 0 Å². The first kappa shape index (κ1) is 19.5. The van der Waals surface area contributed by atoms with Gasteiger partial charge < -0.3 is 19.4 Å². The molecule has 0 fully saturated rings. The van der Waals surface area contributed by atoms with E-state index in [2.05, 4.69) is 5.32 Å². The van der Waals surface area contributed by atoms with Crippen LogP contribution >= 0.6 is 11.6 Å². The van der Waals surface area contributed by atoms with Crippen molar-refractivity contribution in [3.8, 4) is 11.5 Å². The number of nitrogens with zero attached hydrogens (tertiary/aromatic N) is 1. The number of anilines is 1. The number of amides is 1. The minimum Gasteiger partial charge on any atom is -0.493 e. The molecule has 1 amide bonds. The van der Waals surface area contributed by atoms with Crippen molar-refractivity contribution >= 4 is 23.2 Å². The Morgan fingerprint density at radius 3 is 2.50 bits per heavy atom. The van der Waals surface area contributed by atoms with E-state index in [-0.39, 0.29) is 12.1 Å². The van der Waals surface area contributed by atoms with Crippen molar-refractivity contribution in [2.75, 3.05) is 19.5 Å². The molecule has 0 atom stereocenters. The summed E-state index contributed by atoms with van der Waals surface area (Å²) in [5.74, 6) is 0.512. The number of ether oxygens (including phenoxy) is 2. The Labute approximate surface area is 167 Å². The quantitative estimate of drug-likeness (QED) is 0.685. The minimum atomic E-state index is -0.509. The second kappa shape index (κ2) is 8.63. The smallest absolute Gasteiger partial charge is 0.263 e. The zero-order valence-corrected chi connectivity index (χ0v) is 16.2. The van der Waals surface area contributed by atoms with Crippen LogP contribution in [0.4, 0.5) is 5.69 Å². The maximum atomic E-state index is 12.8. The van der Waals surface area contributed by atoms with E-state index in [0.717, 1.165) is 5.56 Å². The molecule has 28 heavy (non-hydrogen) atoms. The Balaban J connectivity index is 1.85. The van der Waals surface area contributed by atoms with Crippen LogP contribution < -0.4 is 20.3 Å². The predicted octanol–water partition coefficient (Wildman–Crippen LogP) is 3.82. The van der Waals surface area contributed by atoms with Gasteiger partial charge >= 0.3 is 0 Å². The molecule has 0 aliphatic rings. The topological polar surface area (TPSA) is 69.6 Å². The maximum Gasteiger partial charge on any atom is 0.263 e. The van der Waals surface area contributed by atoms with Gasteiger partial charge in [-0.1, -0.05) is 29.8 Å². The molecule has 1 aromatic heterocycles.